The van der Waals surface area contributed by atoms with Crippen LogP contribution in [0.4, 0.5) is 5.69 Å². The van der Waals surface area contributed by atoms with E-state index < -0.39 is 0 Å². The summed E-state index contributed by atoms with van der Waals surface area (Å²) in [6.45, 7) is 1.56. The lowest BCUT2D eigenvalue weighted by molar-refractivity contribution is 0.322. The van der Waals surface area contributed by atoms with E-state index in [0.717, 1.165) is 24.4 Å². The number of fused-ring (bicyclic) bond motifs is 1. The van der Waals surface area contributed by atoms with Gasteiger partial charge in [0.05, 0.1) is 6.61 Å². The fourth-order valence-corrected chi connectivity index (χ4v) is 1.29. The van der Waals surface area contributed by atoms with Crippen molar-refractivity contribution in [1.29, 1.82) is 0 Å². The monoisotopic (exact) mass is 165 g/mol. The van der Waals surface area contributed by atoms with Gasteiger partial charge in [0.1, 0.15) is 17.2 Å². The fraction of sp³-hybridized carbons (Fsp3) is 0.333. The Morgan fingerprint density at radius 3 is 3.25 bits per heavy atom. The van der Waals surface area contributed by atoms with Gasteiger partial charge in [-0.2, -0.15) is 0 Å². The Balaban J connectivity index is 2.42. The van der Waals surface area contributed by atoms with Crippen molar-refractivity contribution < 1.29 is 9.84 Å². The second-order valence-corrected chi connectivity index (χ2v) is 2.78. The van der Waals surface area contributed by atoms with Gasteiger partial charge < -0.3 is 15.2 Å². The number of para-hydroxylation sites is 1. The molecule has 0 bridgehead atoms. The average Bonchev–Trinajstić information content (AvgIpc) is 2.30. The average molecular weight is 165 g/mol. The van der Waals surface area contributed by atoms with E-state index in [1.807, 2.05) is 6.07 Å². The molecule has 1 aliphatic heterocycles. The summed E-state index contributed by atoms with van der Waals surface area (Å²) in [5.74, 6) is 1.00. The van der Waals surface area contributed by atoms with E-state index >= 15 is 0 Å². The highest BCUT2D eigenvalue weighted by molar-refractivity contribution is 5.65. The van der Waals surface area contributed by atoms with Gasteiger partial charge in [-0.25, -0.2) is 0 Å². The number of benzene rings is 1. The molecule has 0 radical (unpaired) electrons. The zero-order chi connectivity index (χ0) is 8.39. The van der Waals surface area contributed by atoms with Gasteiger partial charge in [0.2, 0.25) is 0 Å². The van der Waals surface area contributed by atoms with Crippen molar-refractivity contribution >= 4 is 5.69 Å². The standard InChI is InChI=1S/C9H11NO2/c11-7-3-1-4-8-9(7)10-5-2-6-12-8/h1,3-4,10-11H,2,5-6H2. The van der Waals surface area contributed by atoms with Gasteiger partial charge >= 0.3 is 0 Å². The van der Waals surface area contributed by atoms with Crippen LogP contribution in [-0.2, 0) is 0 Å². The Labute approximate surface area is 71.0 Å². The molecule has 0 aromatic heterocycles. The lowest BCUT2D eigenvalue weighted by Crippen LogP contribution is -2.00. The third-order valence-electron chi connectivity index (χ3n) is 1.88. The molecule has 1 heterocycles. The highest BCUT2D eigenvalue weighted by atomic mass is 16.5. The minimum Gasteiger partial charge on any atom is -0.506 e. The number of anilines is 1. The minimum absolute atomic E-state index is 0.259. The molecule has 3 heteroatoms. The van der Waals surface area contributed by atoms with Crippen LogP contribution in [0, 0.1) is 0 Å². The van der Waals surface area contributed by atoms with Crippen LogP contribution in [-0.4, -0.2) is 18.3 Å². The fourth-order valence-electron chi connectivity index (χ4n) is 1.29. The highest BCUT2D eigenvalue weighted by Crippen LogP contribution is 2.34. The van der Waals surface area contributed by atoms with Gasteiger partial charge in [-0.15, -0.1) is 0 Å². The number of ether oxygens (including phenoxy) is 1. The Kier molecular flexibility index (Phi) is 1.78. The maximum absolute atomic E-state index is 9.44. The number of nitrogens with one attached hydrogen (secondary N) is 1. The first-order chi connectivity index (χ1) is 5.88. The van der Waals surface area contributed by atoms with Crippen LogP contribution in [0.1, 0.15) is 6.42 Å². The summed E-state index contributed by atoms with van der Waals surface area (Å²) in [6.07, 6.45) is 0.966. The van der Waals surface area contributed by atoms with Crippen LogP contribution in [0.2, 0.25) is 0 Å². The molecular formula is C9H11NO2. The van der Waals surface area contributed by atoms with Gasteiger partial charge in [0.25, 0.3) is 0 Å². The van der Waals surface area contributed by atoms with E-state index in [1.165, 1.54) is 0 Å². The van der Waals surface area contributed by atoms with Crippen LogP contribution in [0.3, 0.4) is 0 Å². The molecule has 0 fully saturated rings. The van der Waals surface area contributed by atoms with Crippen LogP contribution in [0.15, 0.2) is 18.2 Å². The third-order valence-corrected chi connectivity index (χ3v) is 1.88. The maximum atomic E-state index is 9.44. The molecular weight excluding hydrogens is 154 g/mol. The van der Waals surface area contributed by atoms with Gasteiger partial charge in [-0.05, 0) is 18.6 Å². The van der Waals surface area contributed by atoms with Crippen molar-refractivity contribution in [2.75, 3.05) is 18.5 Å². The zero-order valence-corrected chi connectivity index (χ0v) is 6.71. The molecule has 0 spiro atoms. The third kappa shape index (κ3) is 1.18. The number of phenolic OH excluding ortho intramolecular Hbond substituents is 1. The Hall–Kier alpha value is -1.38. The molecule has 1 aromatic rings. The molecule has 2 rings (SSSR count). The largest absolute Gasteiger partial charge is 0.506 e. The lowest BCUT2D eigenvalue weighted by Gasteiger charge is -2.08. The zero-order valence-electron chi connectivity index (χ0n) is 6.71. The number of phenols is 1. The van der Waals surface area contributed by atoms with E-state index in [9.17, 15) is 5.11 Å². The lowest BCUT2D eigenvalue weighted by atomic mass is 10.2. The van der Waals surface area contributed by atoms with Crippen molar-refractivity contribution in [2.45, 2.75) is 6.42 Å². The van der Waals surface area contributed by atoms with Crippen LogP contribution < -0.4 is 10.1 Å². The summed E-state index contributed by atoms with van der Waals surface area (Å²) < 4.78 is 5.41. The first-order valence-electron chi connectivity index (χ1n) is 4.06. The topological polar surface area (TPSA) is 41.5 Å². The number of aromatic hydroxyl groups is 1. The van der Waals surface area contributed by atoms with Crippen LogP contribution in [0.25, 0.3) is 0 Å². The van der Waals surface area contributed by atoms with Gasteiger partial charge in [-0.3, -0.25) is 0 Å². The summed E-state index contributed by atoms with van der Waals surface area (Å²) in [6, 6.07) is 5.29. The Morgan fingerprint density at radius 1 is 1.42 bits per heavy atom. The summed E-state index contributed by atoms with van der Waals surface area (Å²) >= 11 is 0. The molecule has 1 aliphatic rings. The van der Waals surface area contributed by atoms with Crippen LogP contribution >= 0.6 is 0 Å². The number of hydrogen-bond donors (Lipinski definition) is 2. The molecule has 0 unspecified atom stereocenters. The number of rotatable bonds is 0. The first kappa shape index (κ1) is 7.28. The summed E-state index contributed by atoms with van der Waals surface area (Å²) in [5, 5.41) is 12.6. The minimum atomic E-state index is 0.259. The molecule has 0 atom stereocenters. The van der Waals surface area contributed by atoms with E-state index in [4.69, 9.17) is 4.74 Å². The molecule has 0 saturated carbocycles. The van der Waals surface area contributed by atoms with E-state index in [-0.39, 0.29) is 5.75 Å². The van der Waals surface area contributed by atoms with E-state index in [1.54, 1.807) is 12.1 Å². The highest BCUT2D eigenvalue weighted by Gasteiger charge is 2.10. The predicted molar refractivity (Wildman–Crippen MR) is 46.7 cm³/mol. The molecule has 3 nitrogen and oxygen atoms in total. The molecule has 2 N–H and O–H groups in total. The van der Waals surface area contributed by atoms with Crippen molar-refractivity contribution in [2.24, 2.45) is 0 Å². The molecule has 1 aromatic carbocycles. The van der Waals surface area contributed by atoms with E-state index in [0.29, 0.717) is 6.61 Å². The van der Waals surface area contributed by atoms with Gasteiger partial charge in [0.15, 0.2) is 0 Å². The van der Waals surface area contributed by atoms with Crippen molar-refractivity contribution in [3.8, 4) is 11.5 Å². The second-order valence-electron chi connectivity index (χ2n) is 2.78. The summed E-state index contributed by atoms with van der Waals surface area (Å²) in [5.41, 5.74) is 0.718. The molecule has 0 amide bonds. The quantitative estimate of drug-likeness (QED) is 0.573. The summed E-state index contributed by atoms with van der Waals surface area (Å²) in [4.78, 5) is 0. The normalized spacial score (nSPS) is 15.3. The molecule has 0 saturated heterocycles. The molecule has 12 heavy (non-hydrogen) atoms. The van der Waals surface area contributed by atoms with Crippen molar-refractivity contribution in [3.05, 3.63) is 18.2 Å². The SMILES string of the molecule is Oc1cccc2c1NCCCO2. The second kappa shape index (κ2) is 2.93. The predicted octanol–water partition coefficient (Wildman–Crippen LogP) is 1.59. The Bertz CT molecular complexity index is 286. The van der Waals surface area contributed by atoms with Gasteiger partial charge in [0, 0.05) is 6.54 Å². The first-order valence-corrected chi connectivity index (χ1v) is 4.06. The van der Waals surface area contributed by atoms with Gasteiger partial charge in [-0.1, -0.05) is 6.07 Å². The maximum Gasteiger partial charge on any atom is 0.146 e. The van der Waals surface area contributed by atoms with Crippen molar-refractivity contribution in [1.82, 2.24) is 0 Å². The Morgan fingerprint density at radius 2 is 2.33 bits per heavy atom. The molecule has 0 aliphatic carbocycles. The van der Waals surface area contributed by atoms with Crippen LogP contribution in [0.5, 0.6) is 11.5 Å². The van der Waals surface area contributed by atoms with Crippen molar-refractivity contribution in [3.63, 3.8) is 0 Å². The number of hydrogen-bond acceptors (Lipinski definition) is 3. The summed E-state index contributed by atoms with van der Waals surface area (Å²) in [7, 11) is 0. The van der Waals surface area contributed by atoms with E-state index in [2.05, 4.69) is 5.32 Å². The smallest absolute Gasteiger partial charge is 0.146 e. The molecule has 64 valence electrons.